The van der Waals surface area contributed by atoms with E-state index in [-0.39, 0.29) is 0 Å². The van der Waals surface area contributed by atoms with Crippen LogP contribution in [0.25, 0.3) is 0 Å². The van der Waals surface area contributed by atoms with E-state index in [0.29, 0.717) is 5.82 Å². The molecule has 1 saturated heterocycles. The molecule has 14 heavy (non-hydrogen) atoms. The van der Waals surface area contributed by atoms with Crippen LogP contribution >= 0.6 is 0 Å². The van der Waals surface area contributed by atoms with E-state index in [2.05, 4.69) is 10.3 Å². The highest BCUT2D eigenvalue weighted by Gasteiger charge is 2.13. The van der Waals surface area contributed by atoms with Gasteiger partial charge >= 0.3 is 0 Å². The van der Waals surface area contributed by atoms with E-state index in [1.165, 1.54) is 12.8 Å². The molecule has 1 aliphatic heterocycles. The molecular formula is C9H16N4O. The van der Waals surface area contributed by atoms with Crippen molar-refractivity contribution in [1.29, 1.82) is 0 Å². The number of hydrogen-bond donors (Lipinski definition) is 1. The summed E-state index contributed by atoms with van der Waals surface area (Å²) in [5, 5.41) is 7.66. The number of nitrogens with zero attached hydrogens (tertiary/aromatic N) is 3. The fourth-order valence-electron chi connectivity index (χ4n) is 1.77. The molecule has 2 rings (SSSR count). The number of nitrogen functional groups attached to an aromatic ring is 1. The summed E-state index contributed by atoms with van der Waals surface area (Å²) in [4.78, 5) is 0. The molecule has 0 radical (unpaired) electrons. The number of aryl methyl sites for hydroxylation is 1. The van der Waals surface area contributed by atoms with Gasteiger partial charge in [-0.3, -0.25) is 4.68 Å². The molecule has 0 aromatic carbocycles. The molecule has 1 aromatic heterocycles. The molecule has 78 valence electrons. The first kappa shape index (κ1) is 9.45. The molecule has 1 fully saturated rings. The average Bonchev–Trinajstić information content (AvgIpc) is 2.63. The molecule has 1 aromatic rings. The summed E-state index contributed by atoms with van der Waals surface area (Å²) in [5.41, 5.74) is 5.47. The summed E-state index contributed by atoms with van der Waals surface area (Å²) in [6, 6.07) is 0. The molecule has 2 heterocycles. The zero-order valence-corrected chi connectivity index (χ0v) is 8.22. The van der Waals surface area contributed by atoms with E-state index in [0.717, 1.165) is 32.1 Å². The van der Waals surface area contributed by atoms with Gasteiger partial charge in [-0.2, -0.15) is 0 Å². The summed E-state index contributed by atoms with van der Waals surface area (Å²) >= 11 is 0. The van der Waals surface area contributed by atoms with Crippen LogP contribution in [0.3, 0.4) is 0 Å². The molecule has 5 heteroatoms. The first-order valence-corrected chi connectivity index (χ1v) is 5.08. The number of anilines is 1. The molecule has 0 atom stereocenters. The Morgan fingerprint density at radius 1 is 1.50 bits per heavy atom. The lowest BCUT2D eigenvalue weighted by Gasteiger charge is -2.21. The van der Waals surface area contributed by atoms with Crippen molar-refractivity contribution < 1.29 is 4.74 Å². The minimum atomic E-state index is 0.497. The van der Waals surface area contributed by atoms with E-state index in [1.54, 1.807) is 6.20 Å². The first-order chi connectivity index (χ1) is 6.84. The van der Waals surface area contributed by atoms with Crippen LogP contribution < -0.4 is 5.73 Å². The lowest BCUT2D eigenvalue weighted by molar-refractivity contribution is 0.0622. The number of nitrogens with two attached hydrogens (primary N) is 1. The quantitative estimate of drug-likeness (QED) is 0.772. The Balaban J connectivity index is 1.76. The molecule has 0 spiro atoms. The molecule has 2 N–H and O–H groups in total. The van der Waals surface area contributed by atoms with Crippen LogP contribution in [0.5, 0.6) is 0 Å². The Bertz CT molecular complexity index is 280. The van der Waals surface area contributed by atoms with Crippen molar-refractivity contribution in [2.45, 2.75) is 25.8 Å². The highest BCUT2D eigenvalue weighted by Crippen LogP contribution is 2.18. The third kappa shape index (κ3) is 2.45. The lowest BCUT2D eigenvalue weighted by Crippen LogP contribution is -2.17. The molecule has 0 amide bonds. The summed E-state index contributed by atoms with van der Waals surface area (Å²) in [6.45, 7) is 2.73. The van der Waals surface area contributed by atoms with Gasteiger partial charge in [0.05, 0.1) is 6.20 Å². The van der Waals surface area contributed by atoms with Crippen molar-refractivity contribution in [2.75, 3.05) is 18.9 Å². The maximum atomic E-state index is 5.47. The topological polar surface area (TPSA) is 66.0 Å². The predicted octanol–water partition coefficient (Wildman–Crippen LogP) is 0.677. The van der Waals surface area contributed by atoms with Crippen LogP contribution in [0.4, 0.5) is 5.82 Å². The molecule has 5 nitrogen and oxygen atoms in total. The van der Waals surface area contributed by atoms with Crippen molar-refractivity contribution in [3.63, 3.8) is 0 Å². The third-order valence-electron chi connectivity index (χ3n) is 2.66. The Hall–Kier alpha value is -1.10. The Morgan fingerprint density at radius 2 is 2.29 bits per heavy atom. The van der Waals surface area contributed by atoms with Gasteiger partial charge in [0.2, 0.25) is 0 Å². The van der Waals surface area contributed by atoms with E-state index >= 15 is 0 Å². The zero-order chi connectivity index (χ0) is 9.80. The fraction of sp³-hybridized carbons (Fsp3) is 0.778. The molecule has 0 aliphatic carbocycles. The SMILES string of the molecule is Nc1cn(CCC2CCOCC2)nn1. The van der Waals surface area contributed by atoms with Crippen molar-refractivity contribution in [3.8, 4) is 0 Å². The van der Waals surface area contributed by atoms with E-state index in [1.807, 2.05) is 4.68 Å². The van der Waals surface area contributed by atoms with Crippen LogP contribution in [-0.2, 0) is 11.3 Å². The lowest BCUT2D eigenvalue weighted by atomic mass is 9.97. The van der Waals surface area contributed by atoms with Crippen molar-refractivity contribution in [3.05, 3.63) is 6.20 Å². The fourth-order valence-corrected chi connectivity index (χ4v) is 1.77. The second-order valence-electron chi connectivity index (χ2n) is 3.75. The number of hydrogen-bond acceptors (Lipinski definition) is 4. The highest BCUT2D eigenvalue weighted by molar-refractivity contribution is 5.19. The average molecular weight is 196 g/mol. The summed E-state index contributed by atoms with van der Waals surface area (Å²) < 4.78 is 7.11. The summed E-state index contributed by atoms with van der Waals surface area (Å²) in [7, 11) is 0. The number of ether oxygens (including phenoxy) is 1. The Labute approximate surface area is 83.2 Å². The Kier molecular flexibility index (Phi) is 2.98. The van der Waals surface area contributed by atoms with E-state index < -0.39 is 0 Å². The van der Waals surface area contributed by atoms with Gasteiger partial charge in [-0.05, 0) is 25.2 Å². The molecule has 0 bridgehead atoms. The molecule has 1 aliphatic rings. The van der Waals surface area contributed by atoms with Crippen LogP contribution in [0.15, 0.2) is 6.20 Å². The second-order valence-corrected chi connectivity index (χ2v) is 3.75. The predicted molar refractivity (Wildman–Crippen MR) is 52.6 cm³/mol. The van der Waals surface area contributed by atoms with Crippen LogP contribution in [0.2, 0.25) is 0 Å². The van der Waals surface area contributed by atoms with Crippen molar-refractivity contribution >= 4 is 5.82 Å². The summed E-state index contributed by atoms with van der Waals surface area (Å²) in [6.07, 6.45) is 5.26. The smallest absolute Gasteiger partial charge is 0.165 e. The van der Waals surface area contributed by atoms with Gasteiger partial charge in [0, 0.05) is 19.8 Å². The molecule has 0 unspecified atom stereocenters. The maximum Gasteiger partial charge on any atom is 0.165 e. The second kappa shape index (κ2) is 4.41. The van der Waals surface area contributed by atoms with Gasteiger partial charge in [0.25, 0.3) is 0 Å². The van der Waals surface area contributed by atoms with E-state index in [9.17, 15) is 0 Å². The number of rotatable bonds is 3. The summed E-state index contributed by atoms with van der Waals surface area (Å²) in [5.74, 6) is 1.27. The van der Waals surface area contributed by atoms with Crippen LogP contribution in [0, 0.1) is 5.92 Å². The molecule has 0 saturated carbocycles. The van der Waals surface area contributed by atoms with Crippen LogP contribution in [0.1, 0.15) is 19.3 Å². The zero-order valence-electron chi connectivity index (χ0n) is 8.22. The normalized spacial score (nSPS) is 18.6. The number of aromatic nitrogens is 3. The minimum absolute atomic E-state index is 0.497. The van der Waals surface area contributed by atoms with Crippen molar-refractivity contribution in [1.82, 2.24) is 15.0 Å². The monoisotopic (exact) mass is 196 g/mol. The highest BCUT2D eigenvalue weighted by atomic mass is 16.5. The maximum absolute atomic E-state index is 5.47. The van der Waals surface area contributed by atoms with Gasteiger partial charge in [0.15, 0.2) is 5.82 Å². The van der Waals surface area contributed by atoms with Gasteiger partial charge < -0.3 is 10.5 Å². The van der Waals surface area contributed by atoms with Crippen LogP contribution in [-0.4, -0.2) is 28.2 Å². The first-order valence-electron chi connectivity index (χ1n) is 5.08. The standard InChI is InChI=1S/C9H16N4O/c10-9-7-13(12-11-9)4-1-8-2-5-14-6-3-8/h7-8H,1-6,10H2. The molecular weight excluding hydrogens is 180 g/mol. The Morgan fingerprint density at radius 3 is 2.93 bits per heavy atom. The van der Waals surface area contributed by atoms with Gasteiger partial charge in [-0.15, -0.1) is 5.10 Å². The largest absolute Gasteiger partial charge is 0.381 e. The minimum Gasteiger partial charge on any atom is -0.381 e. The van der Waals surface area contributed by atoms with E-state index in [4.69, 9.17) is 10.5 Å². The van der Waals surface area contributed by atoms with Gasteiger partial charge in [-0.25, -0.2) is 0 Å². The van der Waals surface area contributed by atoms with Gasteiger partial charge in [-0.1, -0.05) is 5.21 Å². The van der Waals surface area contributed by atoms with Crippen molar-refractivity contribution in [2.24, 2.45) is 5.92 Å². The third-order valence-corrected chi connectivity index (χ3v) is 2.66. The van der Waals surface area contributed by atoms with Gasteiger partial charge in [0.1, 0.15) is 0 Å².